The van der Waals surface area contributed by atoms with Crippen LogP contribution < -0.4 is 10.5 Å². The van der Waals surface area contributed by atoms with Gasteiger partial charge in [0.1, 0.15) is 0 Å². The summed E-state index contributed by atoms with van der Waals surface area (Å²) in [5.41, 5.74) is 4.67. The molecule has 1 saturated carbocycles. The smallest absolute Gasteiger partial charge is 0.258 e. The number of nitrogens with one attached hydrogen (secondary N) is 2. The van der Waals surface area contributed by atoms with Crippen molar-refractivity contribution < 1.29 is 13.6 Å². The Hall–Kier alpha value is -1.61. The molecule has 0 saturated heterocycles. The maximum atomic E-state index is 12.2. The lowest BCUT2D eigenvalue weighted by Gasteiger charge is -2.36. The third-order valence-electron chi connectivity index (χ3n) is 3.40. The molecule has 9 heteroatoms. The van der Waals surface area contributed by atoms with Crippen LogP contribution in [0.3, 0.4) is 0 Å². The third-order valence-corrected chi connectivity index (χ3v) is 4.86. The van der Waals surface area contributed by atoms with Crippen molar-refractivity contribution in [3.05, 3.63) is 12.5 Å². The van der Waals surface area contributed by atoms with Gasteiger partial charge in [0.05, 0.1) is 18.1 Å². The van der Waals surface area contributed by atoms with Gasteiger partial charge in [0.15, 0.2) is 10.9 Å². The fraction of sp³-hybridized carbons (Fsp3) is 0.600. The second-order valence-corrected chi connectivity index (χ2v) is 6.30. The van der Waals surface area contributed by atoms with Gasteiger partial charge in [-0.25, -0.2) is 13.4 Å². The number of nitrogens with zero attached hydrogens (tertiary/aromatic N) is 2. The first-order valence-corrected chi connectivity index (χ1v) is 7.49. The number of sulfonamides is 1. The molecule has 0 aliphatic heterocycles. The summed E-state index contributed by atoms with van der Waals surface area (Å²) in [6.45, 7) is 0. The van der Waals surface area contributed by atoms with E-state index < -0.39 is 15.6 Å². The lowest BCUT2D eigenvalue weighted by Crippen LogP contribution is -2.58. The molecule has 106 valence electrons. The van der Waals surface area contributed by atoms with Crippen molar-refractivity contribution >= 4 is 15.9 Å². The molecule has 1 aliphatic carbocycles. The summed E-state index contributed by atoms with van der Waals surface area (Å²) >= 11 is 0. The minimum Gasteiger partial charge on any atom is -0.409 e. The van der Waals surface area contributed by atoms with Gasteiger partial charge in [-0.2, -0.15) is 4.72 Å². The molecule has 1 aromatic rings. The number of oxime groups is 1. The summed E-state index contributed by atoms with van der Waals surface area (Å²) in [7, 11) is -3.77. The highest BCUT2D eigenvalue weighted by atomic mass is 32.2. The van der Waals surface area contributed by atoms with E-state index in [-0.39, 0.29) is 10.9 Å². The number of imidazole rings is 1. The third kappa shape index (κ3) is 2.71. The van der Waals surface area contributed by atoms with Gasteiger partial charge in [0.2, 0.25) is 0 Å². The van der Waals surface area contributed by atoms with Crippen molar-refractivity contribution in [3.63, 3.8) is 0 Å². The molecular formula is C10H17N5O3S. The largest absolute Gasteiger partial charge is 0.409 e. The predicted molar refractivity (Wildman–Crippen MR) is 68.1 cm³/mol. The predicted octanol–water partition coefficient (Wildman–Crippen LogP) is 0.137. The molecule has 0 bridgehead atoms. The summed E-state index contributed by atoms with van der Waals surface area (Å²) in [6.07, 6.45) is 6.17. The van der Waals surface area contributed by atoms with Crippen LogP contribution in [0.15, 0.2) is 22.7 Å². The molecule has 5 N–H and O–H groups in total. The minimum absolute atomic E-state index is 0.0387. The molecule has 8 nitrogen and oxygen atoms in total. The van der Waals surface area contributed by atoms with Gasteiger partial charge >= 0.3 is 0 Å². The van der Waals surface area contributed by atoms with Gasteiger partial charge in [-0.1, -0.05) is 24.4 Å². The number of amidine groups is 1. The Labute approximate surface area is 111 Å². The molecule has 1 heterocycles. The van der Waals surface area contributed by atoms with Crippen molar-refractivity contribution in [2.45, 2.75) is 42.7 Å². The van der Waals surface area contributed by atoms with Gasteiger partial charge in [-0.05, 0) is 12.8 Å². The minimum atomic E-state index is -3.77. The normalized spacial score (nSPS) is 20.3. The van der Waals surface area contributed by atoms with Gasteiger partial charge in [0, 0.05) is 0 Å². The van der Waals surface area contributed by atoms with Gasteiger partial charge in [-0.15, -0.1) is 0 Å². The van der Waals surface area contributed by atoms with E-state index in [4.69, 9.17) is 10.9 Å². The van der Waals surface area contributed by atoms with E-state index in [1.54, 1.807) is 0 Å². The maximum absolute atomic E-state index is 12.2. The Kier molecular flexibility index (Phi) is 3.76. The van der Waals surface area contributed by atoms with Gasteiger partial charge < -0.3 is 15.9 Å². The molecule has 0 atom stereocenters. The molecule has 0 aromatic carbocycles. The first-order valence-electron chi connectivity index (χ1n) is 6.00. The quantitative estimate of drug-likeness (QED) is 0.270. The van der Waals surface area contributed by atoms with Crippen molar-refractivity contribution in [2.75, 3.05) is 0 Å². The Bertz CT molecular complexity index is 546. The topological polar surface area (TPSA) is 133 Å². The zero-order chi connectivity index (χ0) is 13.9. The summed E-state index contributed by atoms with van der Waals surface area (Å²) in [5, 5.41) is 11.8. The maximum Gasteiger partial charge on any atom is 0.258 e. The van der Waals surface area contributed by atoms with Crippen molar-refractivity contribution in [2.24, 2.45) is 10.9 Å². The summed E-state index contributed by atoms with van der Waals surface area (Å²) in [5.74, 6) is -0.102. The van der Waals surface area contributed by atoms with Crippen LogP contribution in [0.2, 0.25) is 0 Å². The zero-order valence-electron chi connectivity index (χ0n) is 10.3. The molecule has 0 unspecified atom stereocenters. The van der Waals surface area contributed by atoms with E-state index in [2.05, 4.69) is 19.8 Å². The molecule has 19 heavy (non-hydrogen) atoms. The van der Waals surface area contributed by atoms with Gasteiger partial charge in [-0.3, -0.25) is 0 Å². The van der Waals surface area contributed by atoms with Crippen molar-refractivity contribution in [1.29, 1.82) is 0 Å². The van der Waals surface area contributed by atoms with Crippen LogP contribution in [0, 0.1) is 0 Å². The second-order valence-electron chi connectivity index (χ2n) is 4.65. The highest BCUT2D eigenvalue weighted by molar-refractivity contribution is 7.89. The number of rotatable bonds is 4. The Morgan fingerprint density at radius 3 is 2.68 bits per heavy atom. The number of aromatic amines is 1. The lowest BCUT2D eigenvalue weighted by molar-refractivity contribution is 0.293. The van der Waals surface area contributed by atoms with Crippen LogP contribution in [0.1, 0.15) is 32.1 Å². The molecule has 0 spiro atoms. The zero-order valence-corrected chi connectivity index (χ0v) is 11.2. The van der Waals surface area contributed by atoms with E-state index in [1.165, 1.54) is 12.5 Å². The molecule has 1 aromatic heterocycles. The van der Waals surface area contributed by atoms with Crippen LogP contribution in [-0.2, 0) is 10.0 Å². The second kappa shape index (κ2) is 5.17. The highest BCUT2D eigenvalue weighted by Gasteiger charge is 2.40. The van der Waals surface area contributed by atoms with Crippen LogP contribution in [0.25, 0.3) is 0 Å². The molecular weight excluding hydrogens is 270 g/mol. The molecule has 0 radical (unpaired) electrons. The van der Waals surface area contributed by atoms with Crippen LogP contribution in [0.4, 0.5) is 0 Å². The molecule has 0 amide bonds. The average molecular weight is 287 g/mol. The lowest BCUT2D eigenvalue weighted by atomic mass is 9.82. The molecule has 2 rings (SSSR count). The number of H-pyrrole nitrogens is 1. The highest BCUT2D eigenvalue weighted by Crippen LogP contribution is 2.30. The monoisotopic (exact) mass is 287 g/mol. The van der Waals surface area contributed by atoms with E-state index in [1.807, 2.05) is 0 Å². The van der Waals surface area contributed by atoms with Crippen LogP contribution >= 0.6 is 0 Å². The molecule has 1 fully saturated rings. The van der Waals surface area contributed by atoms with Crippen LogP contribution in [0.5, 0.6) is 0 Å². The Morgan fingerprint density at radius 1 is 1.47 bits per heavy atom. The first kappa shape index (κ1) is 13.8. The summed E-state index contributed by atoms with van der Waals surface area (Å²) in [6, 6.07) is 0. The van der Waals surface area contributed by atoms with E-state index in [0.29, 0.717) is 12.8 Å². The fourth-order valence-electron chi connectivity index (χ4n) is 2.36. The van der Waals surface area contributed by atoms with E-state index in [0.717, 1.165) is 19.3 Å². The van der Waals surface area contributed by atoms with E-state index in [9.17, 15) is 8.42 Å². The number of hydrogen-bond donors (Lipinski definition) is 4. The van der Waals surface area contributed by atoms with Crippen molar-refractivity contribution in [1.82, 2.24) is 14.7 Å². The van der Waals surface area contributed by atoms with Crippen LogP contribution in [-0.4, -0.2) is 35.0 Å². The number of nitrogens with two attached hydrogens (primary N) is 1. The standard InChI is InChI=1S/C10H17N5O3S/c11-9(14-16)10(4-2-1-3-5-10)15-19(17,18)8-6-12-7-13-8/h6-7,15-16H,1-5H2,(H2,11,14)(H,12,13). The van der Waals surface area contributed by atoms with Gasteiger partial charge in [0.25, 0.3) is 10.0 Å². The fourth-order valence-corrected chi connectivity index (χ4v) is 3.70. The SMILES string of the molecule is NC(=NO)C1(NS(=O)(=O)c2cnc[nH]2)CCCCC1. The number of aromatic nitrogens is 2. The average Bonchev–Trinajstić information content (AvgIpc) is 2.93. The number of hydrogen-bond acceptors (Lipinski definition) is 5. The molecule has 1 aliphatic rings. The summed E-state index contributed by atoms with van der Waals surface area (Å²) < 4.78 is 27.0. The Balaban J connectivity index is 2.31. The van der Waals surface area contributed by atoms with Crippen molar-refractivity contribution in [3.8, 4) is 0 Å². The van der Waals surface area contributed by atoms with E-state index >= 15 is 0 Å². The summed E-state index contributed by atoms with van der Waals surface area (Å²) in [4.78, 5) is 6.22. The Morgan fingerprint density at radius 2 is 2.16 bits per heavy atom. The first-order chi connectivity index (χ1) is 9.00.